The zero-order valence-electron chi connectivity index (χ0n) is 13.8. The highest BCUT2D eigenvalue weighted by Gasteiger charge is 2.26. The van der Waals surface area contributed by atoms with Gasteiger partial charge in [-0.25, -0.2) is 4.79 Å². The molecule has 0 aliphatic carbocycles. The number of aryl methyl sites for hydroxylation is 1. The van der Waals surface area contributed by atoms with E-state index in [4.69, 9.17) is 9.72 Å². The molecule has 0 N–H and O–H groups in total. The zero-order chi connectivity index (χ0) is 16.9. The first-order chi connectivity index (χ1) is 11.7. The maximum absolute atomic E-state index is 12.3. The second kappa shape index (κ2) is 7.23. The Balaban J connectivity index is 2.24. The van der Waals surface area contributed by atoms with E-state index >= 15 is 0 Å². The summed E-state index contributed by atoms with van der Waals surface area (Å²) in [6.07, 6.45) is 0. The molecule has 0 amide bonds. The molecule has 1 heterocycles. The minimum Gasteiger partial charge on any atom is -0.465 e. The lowest BCUT2D eigenvalue weighted by atomic mass is 10.2. The predicted molar refractivity (Wildman–Crippen MR) is 99.2 cm³/mol. The molecule has 0 aliphatic rings. The van der Waals surface area contributed by atoms with Gasteiger partial charge in [0.05, 0.1) is 12.7 Å². The molecular weight excluding hydrogens is 314 g/mol. The molecule has 3 nitrogen and oxygen atoms in total. The van der Waals surface area contributed by atoms with E-state index in [1.165, 1.54) is 17.5 Å². The molecule has 120 valence electrons. The van der Waals surface area contributed by atoms with Crippen molar-refractivity contribution in [2.75, 3.05) is 7.11 Å². The number of hydrogen-bond donors (Lipinski definition) is 0. The first-order valence-corrected chi connectivity index (χ1v) is 9.59. The maximum atomic E-state index is 12.3. The van der Waals surface area contributed by atoms with Crippen molar-refractivity contribution in [3.05, 3.63) is 84.1 Å². The summed E-state index contributed by atoms with van der Waals surface area (Å²) in [6.45, 7) is 1.95. The monoisotopic (exact) mass is 333 g/mol. The van der Waals surface area contributed by atoms with Crippen molar-refractivity contribution in [3.63, 3.8) is 0 Å². The topological polar surface area (TPSA) is 39.2 Å². The van der Waals surface area contributed by atoms with Crippen molar-refractivity contribution in [3.8, 4) is 0 Å². The highest BCUT2D eigenvalue weighted by atomic mass is 28.3. The van der Waals surface area contributed by atoms with Crippen LogP contribution in [0.3, 0.4) is 0 Å². The number of hydrogen-bond acceptors (Lipinski definition) is 3. The molecule has 0 saturated carbocycles. The molecule has 0 radical (unpaired) electrons. The molecule has 4 heteroatoms. The summed E-state index contributed by atoms with van der Waals surface area (Å²) >= 11 is 0. The summed E-state index contributed by atoms with van der Waals surface area (Å²) in [7, 11) is -0.448. The Labute approximate surface area is 143 Å². The second-order valence-corrected chi connectivity index (χ2v) is 8.38. The van der Waals surface area contributed by atoms with Crippen molar-refractivity contribution in [1.29, 1.82) is 0 Å². The van der Waals surface area contributed by atoms with Crippen LogP contribution >= 0.6 is 0 Å². The fraction of sp³-hybridized carbons (Fsp3) is 0.100. The first-order valence-electron chi connectivity index (χ1n) is 7.86. The Morgan fingerprint density at radius 1 is 0.875 bits per heavy atom. The van der Waals surface area contributed by atoms with Crippen LogP contribution in [0.15, 0.2) is 72.8 Å². The van der Waals surface area contributed by atoms with Gasteiger partial charge in [-0.05, 0) is 19.1 Å². The molecule has 0 saturated heterocycles. The third-order valence-corrected chi connectivity index (χ3v) is 7.10. The minimum atomic E-state index is -1.86. The van der Waals surface area contributed by atoms with Crippen LogP contribution in [-0.2, 0) is 4.74 Å². The summed E-state index contributed by atoms with van der Waals surface area (Å²) < 4.78 is 4.98. The van der Waals surface area contributed by atoms with Crippen molar-refractivity contribution in [2.24, 2.45) is 0 Å². The minimum absolute atomic E-state index is 0.332. The quantitative estimate of drug-likeness (QED) is 0.535. The van der Waals surface area contributed by atoms with Gasteiger partial charge in [-0.2, -0.15) is 0 Å². The van der Waals surface area contributed by atoms with Gasteiger partial charge in [0.2, 0.25) is 0 Å². The van der Waals surface area contributed by atoms with Crippen molar-refractivity contribution >= 4 is 30.5 Å². The number of nitrogens with zero attached hydrogens (tertiary/aromatic N) is 1. The number of esters is 1. The van der Waals surface area contributed by atoms with Crippen molar-refractivity contribution < 1.29 is 9.53 Å². The highest BCUT2D eigenvalue weighted by molar-refractivity contribution is 6.95. The van der Waals surface area contributed by atoms with Gasteiger partial charge in [-0.1, -0.05) is 71.0 Å². The number of pyridine rings is 1. The van der Waals surface area contributed by atoms with Gasteiger partial charge in [-0.3, -0.25) is 4.98 Å². The van der Waals surface area contributed by atoms with Crippen molar-refractivity contribution in [2.45, 2.75) is 6.92 Å². The van der Waals surface area contributed by atoms with Crippen LogP contribution in [0.4, 0.5) is 0 Å². The standard InChI is InChI=1S/C20H19NO2Si/c1-15-13-14-18(20(22)23-2)19(21-15)24(16-9-5-3-6-10-16)17-11-7-4-8-12-17/h3-14,24H,1-2H3. The van der Waals surface area contributed by atoms with E-state index in [2.05, 4.69) is 24.3 Å². The number of carbonyl (C=O) groups excluding carboxylic acids is 1. The largest absolute Gasteiger partial charge is 0.465 e. The lowest BCUT2D eigenvalue weighted by molar-refractivity contribution is 0.0602. The van der Waals surface area contributed by atoms with Crippen molar-refractivity contribution in [1.82, 2.24) is 4.98 Å². The molecule has 0 unspecified atom stereocenters. The molecule has 3 aromatic rings. The normalized spacial score (nSPS) is 10.6. The lowest BCUT2D eigenvalue weighted by Gasteiger charge is -2.19. The smallest absolute Gasteiger partial charge is 0.339 e. The van der Waals surface area contributed by atoms with Crippen LogP contribution in [0.1, 0.15) is 16.1 Å². The molecule has 0 spiro atoms. The van der Waals surface area contributed by atoms with Crippen LogP contribution in [0, 0.1) is 6.92 Å². The number of rotatable bonds is 4. The Bertz CT molecular complexity index is 795. The number of aromatic nitrogens is 1. The predicted octanol–water partition coefficient (Wildman–Crippen LogP) is 1.43. The SMILES string of the molecule is COC(=O)c1ccc(C)nc1[SiH](c1ccccc1)c1ccccc1. The van der Waals surface area contributed by atoms with Gasteiger partial charge in [0.25, 0.3) is 0 Å². The summed E-state index contributed by atoms with van der Waals surface area (Å²) in [5, 5.41) is 3.32. The van der Waals surface area contributed by atoms with Crippen LogP contribution in [0.5, 0.6) is 0 Å². The molecule has 0 aliphatic heterocycles. The van der Waals surface area contributed by atoms with E-state index < -0.39 is 8.80 Å². The maximum Gasteiger partial charge on any atom is 0.339 e. The van der Waals surface area contributed by atoms with E-state index in [0.29, 0.717) is 5.56 Å². The Hall–Kier alpha value is -2.72. The molecule has 2 aromatic carbocycles. The molecule has 1 aromatic heterocycles. The molecule has 0 fully saturated rings. The Kier molecular flexibility index (Phi) is 4.87. The summed E-state index contributed by atoms with van der Waals surface area (Å²) in [5.74, 6) is -0.332. The van der Waals surface area contributed by atoms with E-state index in [1.807, 2.05) is 55.5 Å². The average Bonchev–Trinajstić information content (AvgIpc) is 2.63. The number of benzene rings is 2. The van der Waals surface area contributed by atoms with Gasteiger partial charge in [0.15, 0.2) is 8.80 Å². The van der Waals surface area contributed by atoms with Gasteiger partial charge < -0.3 is 4.74 Å². The van der Waals surface area contributed by atoms with Gasteiger partial charge >= 0.3 is 5.97 Å². The summed E-state index contributed by atoms with van der Waals surface area (Å²) in [5.41, 5.74) is 1.47. The highest BCUT2D eigenvalue weighted by Crippen LogP contribution is 2.03. The van der Waals surface area contributed by atoms with E-state index in [-0.39, 0.29) is 5.97 Å². The van der Waals surface area contributed by atoms with Crippen LogP contribution in [0.2, 0.25) is 0 Å². The molecule has 24 heavy (non-hydrogen) atoms. The first kappa shape index (κ1) is 16.1. The zero-order valence-corrected chi connectivity index (χ0v) is 14.9. The summed E-state index contributed by atoms with van der Waals surface area (Å²) in [4.78, 5) is 17.0. The van der Waals surface area contributed by atoms with E-state index in [9.17, 15) is 4.79 Å². The van der Waals surface area contributed by atoms with Crippen LogP contribution < -0.4 is 15.7 Å². The van der Waals surface area contributed by atoms with Gasteiger partial charge in [0.1, 0.15) is 0 Å². The average molecular weight is 333 g/mol. The lowest BCUT2D eigenvalue weighted by Crippen LogP contribution is -2.55. The van der Waals surface area contributed by atoms with Crippen LogP contribution in [0.25, 0.3) is 0 Å². The van der Waals surface area contributed by atoms with Crippen LogP contribution in [-0.4, -0.2) is 26.9 Å². The summed E-state index contributed by atoms with van der Waals surface area (Å²) in [6, 6.07) is 24.3. The van der Waals surface area contributed by atoms with E-state index in [0.717, 1.165) is 11.0 Å². The number of methoxy groups -OCH3 is 1. The third-order valence-electron chi connectivity index (χ3n) is 4.01. The second-order valence-electron chi connectivity index (χ2n) is 5.63. The fourth-order valence-corrected chi connectivity index (χ4v) is 5.97. The Morgan fingerprint density at radius 3 is 1.92 bits per heavy atom. The van der Waals surface area contributed by atoms with Gasteiger partial charge in [0, 0.05) is 11.0 Å². The van der Waals surface area contributed by atoms with Gasteiger partial charge in [-0.15, -0.1) is 0 Å². The molecule has 3 rings (SSSR count). The third kappa shape index (κ3) is 3.28. The van der Waals surface area contributed by atoms with E-state index in [1.54, 1.807) is 0 Å². The molecule has 0 bridgehead atoms. The number of carbonyl (C=O) groups is 1. The number of ether oxygens (including phenoxy) is 1. The molecular formula is C20H19NO2Si. The molecule has 0 atom stereocenters. The fourth-order valence-electron chi connectivity index (χ4n) is 2.88. The Morgan fingerprint density at radius 2 is 1.42 bits per heavy atom.